The first-order valence-corrected chi connectivity index (χ1v) is 8.30. The quantitative estimate of drug-likeness (QED) is 0.817. The lowest BCUT2D eigenvalue weighted by Crippen LogP contribution is -2.26. The van der Waals surface area contributed by atoms with E-state index in [-0.39, 0.29) is 5.91 Å². The van der Waals surface area contributed by atoms with Crippen molar-refractivity contribution in [1.82, 2.24) is 10.3 Å². The van der Waals surface area contributed by atoms with Crippen molar-refractivity contribution >= 4 is 11.6 Å². The monoisotopic (exact) mass is 289 g/mol. The van der Waals surface area contributed by atoms with Gasteiger partial charge in [0, 0.05) is 19.6 Å². The van der Waals surface area contributed by atoms with Crippen molar-refractivity contribution in [3.8, 4) is 0 Å². The van der Waals surface area contributed by atoms with Gasteiger partial charge in [-0.25, -0.2) is 4.98 Å². The predicted molar refractivity (Wildman–Crippen MR) is 86.8 cm³/mol. The molecule has 1 amide bonds. The third-order valence-electron chi connectivity index (χ3n) is 4.02. The zero-order valence-corrected chi connectivity index (χ0v) is 13.1. The molecule has 2 heterocycles. The van der Waals surface area contributed by atoms with Crippen LogP contribution in [0.2, 0.25) is 0 Å². The van der Waals surface area contributed by atoms with Crippen LogP contribution in [-0.2, 0) is 0 Å². The number of aromatic nitrogens is 1. The lowest BCUT2D eigenvalue weighted by molar-refractivity contribution is 0.0948. The first-order valence-electron chi connectivity index (χ1n) is 8.30. The molecule has 1 aliphatic rings. The first kappa shape index (κ1) is 15.8. The summed E-state index contributed by atoms with van der Waals surface area (Å²) in [7, 11) is 0. The molecule has 21 heavy (non-hydrogen) atoms. The van der Waals surface area contributed by atoms with E-state index in [1.165, 1.54) is 32.1 Å². The Balaban J connectivity index is 1.87. The number of hydrogen-bond acceptors (Lipinski definition) is 3. The smallest absolute Gasteiger partial charge is 0.269 e. The van der Waals surface area contributed by atoms with Gasteiger partial charge in [0.1, 0.15) is 5.69 Å². The number of nitrogens with zero attached hydrogens (tertiary/aromatic N) is 2. The molecule has 0 saturated carbocycles. The standard InChI is InChI=1S/C17H27N3O/c1-2-3-6-11-18-17(21)16-10-9-15(14-19-16)20-12-7-4-5-8-13-20/h9-10,14H,2-8,11-13H2,1H3,(H,18,21). The van der Waals surface area contributed by atoms with E-state index in [1.54, 1.807) is 0 Å². The highest BCUT2D eigenvalue weighted by Gasteiger charge is 2.11. The van der Waals surface area contributed by atoms with Gasteiger partial charge in [-0.05, 0) is 31.4 Å². The molecule has 1 saturated heterocycles. The topological polar surface area (TPSA) is 45.2 Å². The Bertz CT molecular complexity index is 422. The molecule has 1 aromatic heterocycles. The van der Waals surface area contributed by atoms with Crippen molar-refractivity contribution in [2.75, 3.05) is 24.5 Å². The van der Waals surface area contributed by atoms with Crippen molar-refractivity contribution in [1.29, 1.82) is 0 Å². The molecule has 0 atom stereocenters. The van der Waals surface area contributed by atoms with Gasteiger partial charge in [0.2, 0.25) is 0 Å². The fourth-order valence-corrected chi connectivity index (χ4v) is 2.70. The number of nitrogens with one attached hydrogen (secondary N) is 1. The summed E-state index contributed by atoms with van der Waals surface area (Å²) < 4.78 is 0. The number of pyridine rings is 1. The molecule has 0 unspecified atom stereocenters. The maximum atomic E-state index is 12.0. The molecule has 4 nitrogen and oxygen atoms in total. The molecule has 0 radical (unpaired) electrons. The summed E-state index contributed by atoms with van der Waals surface area (Å²) >= 11 is 0. The second-order valence-corrected chi connectivity index (χ2v) is 5.77. The van der Waals surface area contributed by atoms with Gasteiger partial charge in [-0.2, -0.15) is 0 Å². The van der Waals surface area contributed by atoms with Crippen LogP contribution in [0.25, 0.3) is 0 Å². The summed E-state index contributed by atoms with van der Waals surface area (Å²) in [4.78, 5) is 18.7. The summed E-state index contributed by atoms with van der Waals surface area (Å²) in [6, 6.07) is 3.87. The summed E-state index contributed by atoms with van der Waals surface area (Å²) in [5.74, 6) is -0.0616. The highest BCUT2D eigenvalue weighted by atomic mass is 16.1. The molecule has 1 aromatic rings. The molecule has 0 bridgehead atoms. The normalized spacial score (nSPS) is 15.6. The second kappa shape index (κ2) is 8.65. The highest BCUT2D eigenvalue weighted by molar-refractivity contribution is 5.92. The van der Waals surface area contributed by atoms with Gasteiger partial charge in [0.05, 0.1) is 11.9 Å². The van der Waals surface area contributed by atoms with Crippen LogP contribution in [0, 0.1) is 0 Å². The van der Waals surface area contributed by atoms with Crippen LogP contribution < -0.4 is 10.2 Å². The fraction of sp³-hybridized carbons (Fsp3) is 0.647. The number of rotatable bonds is 6. The molecule has 1 fully saturated rings. The van der Waals surface area contributed by atoms with Gasteiger partial charge in [-0.15, -0.1) is 0 Å². The molecule has 0 aromatic carbocycles. The van der Waals surface area contributed by atoms with Crippen molar-refractivity contribution in [3.63, 3.8) is 0 Å². The minimum Gasteiger partial charge on any atom is -0.370 e. The predicted octanol–water partition coefficient (Wildman–Crippen LogP) is 3.38. The lowest BCUT2D eigenvalue weighted by Gasteiger charge is -2.22. The van der Waals surface area contributed by atoms with E-state index in [0.717, 1.165) is 38.2 Å². The van der Waals surface area contributed by atoms with Crippen LogP contribution in [0.15, 0.2) is 18.3 Å². The Morgan fingerprint density at radius 3 is 2.57 bits per heavy atom. The van der Waals surface area contributed by atoms with Crippen molar-refractivity contribution < 1.29 is 4.79 Å². The van der Waals surface area contributed by atoms with Crippen molar-refractivity contribution in [2.24, 2.45) is 0 Å². The molecule has 0 spiro atoms. The third kappa shape index (κ3) is 5.03. The molecule has 2 rings (SSSR count). The number of amides is 1. The van der Waals surface area contributed by atoms with Gasteiger partial charge in [0.15, 0.2) is 0 Å². The van der Waals surface area contributed by atoms with Gasteiger partial charge >= 0.3 is 0 Å². The minimum absolute atomic E-state index is 0.0616. The fourth-order valence-electron chi connectivity index (χ4n) is 2.70. The maximum absolute atomic E-state index is 12.0. The molecule has 1 N–H and O–H groups in total. The number of carbonyl (C=O) groups excluding carboxylic acids is 1. The average Bonchev–Trinajstić information content (AvgIpc) is 2.81. The second-order valence-electron chi connectivity index (χ2n) is 5.77. The van der Waals surface area contributed by atoms with Crippen LogP contribution in [0.3, 0.4) is 0 Å². The molecule has 4 heteroatoms. The van der Waals surface area contributed by atoms with E-state index in [9.17, 15) is 4.79 Å². The maximum Gasteiger partial charge on any atom is 0.269 e. The minimum atomic E-state index is -0.0616. The summed E-state index contributed by atoms with van der Waals surface area (Å²) in [6.45, 7) is 5.10. The van der Waals surface area contributed by atoms with Crippen LogP contribution >= 0.6 is 0 Å². The summed E-state index contributed by atoms with van der Waals surface area (Å²) in [6.07, 6.45) is 10.3. The number of anilines is 1. The van der Waals surface area contributed by atoms with Gasteiger partial charge in [-0.1, -0.05) is 32.6 Å². The van der Waals surface area contributed by atoms with Crippen LogP contribution in [0.5, 0.6) is 0 Å². The van der Waals surface area contributed by atoms with Gasteiger partial charge in [-0.3, -0.25) is 4.79 Å². The Kier molecular flexibility index (Phi) is 6.51. The largest absolute Gasteiger partial charge is 0.370 e. The highest BCUT2D eigenvalue weighted by Crippen LogP contribution is 2.18. The summed E-state index contributed by atoms with van der Waals surface area (Å²) in [5.41, 5.74) is 1.66. The van der Waals surface area contributed by atoms with Crippen LogP contribution in [-0.4, -0.2) is 30.5 Å². The number of unbranched alkanes of at least 4 members (excludes halogenated alkanes) is 2. The molecular formula is C17H27N3O. The van der Waals surface area contributed by atoms with Crippen LogP contribution in [0.1, 0.15) is 62.4 Å². The third-order valence-corrected chi connectivity index (χ3v) is 4.02. The van der Waals surface area contributed by atoms with Gasteiger partial charge < -0.3 is 10.2 Å². The first-order chi connectivity index (χ1) is 10.3. The lowest BCUT2D eigenvalue weighted by atomic mass is 10.2. The number of carbonyl (C=O) groups is 1. The Hall–Kier alpha value is -1.58. The summed E-state index contributed by atoms with van der Waals surface area (Å²) in [5, 5.41) is 2.93. The van der Waals surface area contributed by atoms with Crippen molar-refractivity contribution in [3.05, 3.63) is 24.0 Å². The average molecular weight is 289 g/mol. The van der Waals surface area contributed by atoms with E-state index in [1.807, 2.05) is 18.3 Å². The van der Waals surface area contributed by atoms with Crippen LogP contribution in [0.4, 0.5) is 5.69 Å². The number of hydrogen-bond donors (Lipinski definition) is 1. The van der Waals surface area contributed by atoms with Gasteiger partial charge in [0.25, 0.3) is 5.91 Å². The van der Waals surface area contributed by atoms with E-state index < -0.39 is 0 Å². The zero-order chi connectivity index (χ0) is 14.9. The molecule has 1 aliphatic heterocycles. The SMILES string of the molecule is CCCCCNC(=O)c1ccc(N2CCCCCC2)cn1. The Morgan fingerprint density at radius 1 is 1.19 bits per heavy atom. The zero-order valence-electron chi connectivity index (χ0n) is 13.1. The van der Waals surface area contributed by atoms with E-state index in [4.69, 9.17) is 0 Å². The Morgan fingerprint density at radius 2 is 1.95 bits per heavy atom. The molecule has 0 aliphatic carbocycles. The Labute approximate surface area is 127 Å². The van der Waals surface area contributed by atoms with E-state index >= 15 is 0 Å². The molecule has 116 valence electrons. The van der Waals surface area contributed by atoms with E-state index in [2.05, 4.69) is 22.1 Å². The van der Waals surface area contributed by atoms with Crippen molar-refractivity contribution in [2.45, 2.75) is 51.9 Å². The molecular weight excluding hydrogens is 262 g/mol. The van der Waals surface area contributed by atoms with E-state index in [0.29, 0.717) is 5.69 Å².